The zero-order chi connectivity index (χ0) is 19.3. The Morgan fingerprint density at radius 3 is 2.37 bits per heavy atom. The number of esters is 1. The molecular formula is C14H15N5O6SZr. The molecule has 0 aliphatic heterocycles. The van der Waals surface area contributed by atoms with Crippen LogP contribution in [0.15, 0.2) is 29.2 Å². The van der Waals surface area contributed by atoms with Gasteiger partial charge in [-0.2, -0.15) is 15.0 Å². The summed E-state index contributed by atoms with van der Waals surface area (Å²) in [6.45, 7) is 1.54. The number of benzene rings is 1. The van der Waals surface area contributed by atoms with E-state index in [1.807, 2.05) is 0 Å². The number of nitrogens with one attached hydrogen (secondary N) is 2. The van der Waals surface area contributed by atoms with Crippen molar-refractivity contribution in [1.82, 2.24) is 19.7 Å². The van der Waals surface area contributed by atoms with E-state index >= 15 is 0 Å². The van der Waals surface area contributed by atoms with Crippen LogP contribution in [-0.2, 0) is 41.0 Å². The largest absolute Gasteiger partial charge is 0.467 e. The number of hydrogen-bond acceptors (Lipinski definition) is 9. The number of amides is 2. The van der Waals surface area contributed by atoms with Crippen molar-refractivity contribution >= 4 is 28.0 Å². The molecule has 27 heavy (non-hydrogen) atoms. The van der Waals surface area contributed by atoms with E-state index in [1.165, 1.54) is 32.2 Å². The number of carbonyl (C=O) groups is 2. The molecule has 1 aromatic heterocycles. The standard InChI is InChI=1S/C14H15N5O6S.Zr/c1-8-15-12(18-14(16-8)25-3)17-13(21)19-26(22,23)10-7-5-4-6-9(10)11(20)24-2;/h4-7H,1-3H3,(H2,15,16,17,18,19,21);. The number of urea groups is 1. The molecule has 0 atom stereocenters. The van der Waals surface area contributed by atoms with Crippen LogP contribution in [-0.4, -0.2) is 49.6 Å². The predicted molar refractivity (Wildman–Crippen MR) is 88.2 cm³/mol. The summed E-state index contributed by atoms with van der Waals surface area (Å²) in [5.74, 6) is -0.807. The third-order valence-corrected chi connectivity index (χ3v) is 4.33. The molecule has 0 spiro atoms. The third kappa shape index (κ3) is 5.79. The number of aromatic nitrogens is 3. The SMILES string of the molecule is COC(=O)c1ccccc1S(=O)(=O)NC(=O)Nc1nc(C)nc(OC)n1.[Zr]. The molecule has 2 N–H and O–H groups in total. The molecule has 0 aliphatic carbocycles. The fourth-order valence-electron chi connectivity index (χ4n) is 1.89. The summed E-state index contributed by atoms with van der Waals surface area (Å²) in [4.78, 5) is 34.7. The van der Waals surface area contributed by atoms with Gasteiger partial charge in [-0.05, 0) is 19.1 Å². The fourth-order valence-corrected chi connectivity index (χ4v) is 2.99. The quantitative estimate of drug-likeness (QED) is 0.592. The smallest absolute Gasteiger partial charge is 0.339 e. The molecule has 0 saturated heterocycles. The monoisotopic (exact) mass is 471 g/mol. The molecule has 2 amide bonds. The van der Waals surface area contributed by atoms with Gasteiger partial charge in [-0.1, -0.05) is 12.1 Å². The summed E-state index contributed by atoms with van der Waals surface area (Å²) in [5.41, 5.74) is -0.215. The molecule has 1 heterocycles. The van der Waals surface area contributed by atoms with Crippen molar-refractivity contribution < 1.29 is 53.7 Å². The van der Waals surface area contributed by atoms with E-state index in [4.69, 9.17) is 4.74 Å². The molecule has 2 rings (SSSR count). The topological polar surface area (TPSA) is 149 Å². The Hall–Kier alpha value is -2.40. The van der Waals surface area contributed by atoms with Gasteiger partial charge in [0.2, 0.25) is 5.95 Å². The third-order valence-electron chi connectivity index (χ3n) is 2.94. The minimum atomic E-state index is -4.36. The molecule has 0 bridgehead atoms. The minimum Gasteiger partial charge on any atom is -0.467 e. The predicted octanol–water partition coefficient (Wildman–Crippen LogP) is 0.483. The van der Waals surface area contributed by atoms with Gasteiger partial charge in [-0.15, -0.1) is 0 Å². The van der Waals surface area contributed by atoms with E-state index in [0.29, 0.717) is 0 Å². The van der Waals surface area contributed by atoms with Crippen LogP contribution >= 0.6 is 0 Å². The van der Waals surface area contributed by atoms with Crippen molar-refractivity contribution in [3.63, 3.8) is 0 Å². The molecule has 0 saturated carbocycles. The molecule has 0 fully saturated rings. The fraction of sp³-hybridized carbons (Fsp3) is 0.214. The second-order valence-electron chi connectivity index (χ2n) is 4.74. The first-order chi connectivity index (χ1) is 12.3. The van der Waals surface area contributed by atoms with Crippen LogP contribution in [0.2, 0.25) is 0 Å². The maximum Gasteiger partial charge on any atom is 0.339 e. The summed E-state index contributed by atoms with van der Waals surface area (Å²) >= 11 is 0. The van der Waals surface area contributed by atoms with E-state index in [9.17, 15) is 18.0 Å². The number of ether oxygens (including phenoxy) is 2. The number of anilines is 1. The van der Waals surface area contributed by atoms with Gasteiger partial charge in [0.05, 0.1) is 19.8 Å². The Bertz CT molecular complexity index is 953. The molecule has 13 heteroatoms. The van der Waals surface area contributed by atoms with Gasteiger partial charge in [0.1, 0.15) is 10.7 Å². The number of carbonyl (C=O) groups excluding carboxylic acids is 2. The van der Waals surface area contributed by atoms with Gasteiger partial charge >= 0.3 is 18.0 Å². The molecule has 0 aliphatic rings. The van der Waals surface area contributed by atoms with Crippen molar-refractivity contribution in [2.75, 3.05) is 19.5 Å². The number of nitrogens with zero attached hydrogens (tertiary/aromatic N) is 3. The van der Waals surface area contributed by atoms with Crippen LogP contribution in [0.5, 0.6) is 6.01 Å². The number of aryl methyl sites for hydroxylation is 1. The van der Waals surface area contributed by atoms with Crippen molar-refractivity contribution in [2.45, 2.75) is 11.8 Å². The summed E-state index contributed by atoms with van der Waals surface area (Å²) < 4.78 is 36.0. The van der Waals surface area contributed by atoms with Gasteiger partial charge in [0, 0.05) is 26.2 Å². The Balaban J connectivity index is 0.00000364. The van der Waals surface area contributed by atoms with E-state index in [-0.39, 0.29) is 49.6 Å². The number of sulfonamides is 1. The second kappa shape index (κ2) is 9.51. The zero-order valence-electron chi connectivity index (χ0n) is 14.5. The summed E-state index contributed by atoms with van der Waals surface area (Å²) in [6.07, 6.45) is 0. The van der Waals surface area contributed by atoms with Crippen LogP contribution in [0.25, 0.3) is 0 Å². The number of methoxy groups -OCH3 is 2. The Morgan fingerprint density at radius 2 is 1.74 bits per heavy atom. The van der Waals surface area contributed by atoms with Crippen LogP contribution < -0.4 is 14.8 Å². The van der Waals surface area contributed by atoms with Crippen LogP contribution in [0.3, 0.4) is 0 Å². The zero-order valence-corrected chi connectivity index (χ0v) is 17.8. The molecular weight excluding hydrogens is 457 g/mol. The molecule has 142 valence electrons. The minimum absolute atomic E-state index is 0. The Kier molecular flexibility index (Phi) is 7.98. The van der Waals surface area contributed by atoms with Gasteiger partial charge in [-0.25, -0.2) is 22.7 Å². The van der Waals surface area contributed by atoms with Gasteiger partial charge in [0.15, 0.2) is 0 Å². The maximum absolute atomic E-state index is 12.4. The Labute approximate surface area is 174 Å². The van der Waals surface area contributed by atoms with Crippen LogP contribution in [0.4, 0.5) is 10.7 Å². The van der Waals surface area contributed by atoms with Crippen LogP contribution in [0.1, 0.15) is 16.2 Å². The van der Waals surface area contributed by atoms with Gasteiger partial charge < -0.3 is 9.47 Å². The Morgan fingerprint density at radius 1 is 1.07 bits per heavy atom. The first-order valence-corrected chi connectivity index (χ1v) is 8.53. The molecule has 1 aromatic carbocycles. The molecule has 2 aromatic rings. The van der Waals surface area contributed by atoms with E-state index < -0.39 is 26.9 Å². The summed E-state index contributed by atoms with van der Waals surface area (Å²) in [6, 6.07) is 4.12. The average Bonchev–Trinajstić information content (AvgIpc) is 2.59. The van der Waals surface area contributed by atoms with E-state index in [0.717, 1.165) is 13.2 Å². The maximum atomic E-state index is 12.4. The average molecular weight is 473 g/mol. The van der Waals surface area contributed by atoms with Crippen molar-refractivity contribution in [2.24, 2.45) is 0 Å². The molecule has 0 unspecified atom stereocenters. The van der Waals surface area contributed by atoms with Crippen molar-refractivity contribution in [1.29, 1.82) is 0 Å². The van der Waals surface area contributed by atoms with Gasteiger partial charge in [0.25, 0.3) is 10.0 Å². The first kappa shape index (κ1) is 22.6. The van der Waals surface area contributed by atoms with Crippen LogP contribution in [0, 0.1) is 6.92 Å². The summed E-state index contributed by atoms with van der Waals surface area (Å²) in [7, 11) is -1.92. The van der Waals surface area contributed by atoms with E-state index in [2.05, 4.69) is 25.0 Å². The normalized spacial score (nSPS) is 10.3. The summed E-state index contributed by atoms with van der Waals surface area (Å²) in [5, 5.41) is 2.16. The first-order valence-electron chi connectivity index (χ1n) is 7.04. The molecule has 0 radical (unpaired) electrons. The van der Waals surface area contributed by atoms with Gasteiger partial charge in [-0.3, -0.25) is 5.32 Å². The molecule has 11 nitrogen and oxygen atoms in total. The number of rotatable bonds is 5. The van der Waals surface area contributed by atoms with Crippen molar-refractivity contribution in [3.8, 4) is 6.01 Å². The second-order valence-corrected chi connectivity index (χ2v) is 6.39. The van der Waals surface area contributed by atoms with Crippen molar-refractivity contribution in [3.05, 3.63) is 35.7 Å². The van der Waals surface area contributed by atoms with E-state index in [1.54, 1.807) is 4.72 Å². The number of hydrogen-bond donors (Lipinski definition) is 2.